The monoisotopic (exact) mass is 256 g/mol. The number of nitrogens with one attached hydrogen (secondary N) is 2. The summed E-state index contributed by atoms with van der Waals surface area (Å²) in [5, 5.41) is 6.53. The largest absolute Gasteiger partial charge is 0.370 e. The van der Waals surface area contributed by atoms with Crippen LogP contribution in [0.2, 0.25) is 0 Å². The zero-order valence-electron chi connectivity index (χ0n) is 11.4. The van der Waals surface area contributed by atoms with Crippen LogP contribution in [0.25, 0.3) is 0 Å². The van der Waals surface area contributed by atoms with E-state index in [-0.39, 0.29) is 0 Å². The van der Waals surface area contributed by atoms with E-state index in [1.54, 1.807) is 6.33 Å². The average Bonchev–Trinajstić information content (AvgIpc) is 2.46. The Hall–Kier alpha value is -2.10. The van der Waals surface area contributed by atoms with Crippen LogP contribution in [-0.4, -0.2) is 23.1 Å². The van der Waals surface area contributed by atoms with Gasteiger partial charge in [0.2, 0.25) is 0 Å². The van der Waals surface area contributed by atoms with Crippen LogP contribution in [0, 0.1) is 0 Å². The fourth-order valence-electron chi connectivity index (χ4n) is 1.89. The van der Waals surface area contributed by atoms with E-state index in [1.807, 2.05) is 19.1 Å². The molecule has 1 atom stereocenters. The molecule has 0 radical (unpaired) electrons. The second kappa shape index (κ2) is 6.73. The molecule has 0 bridgehead atoms. The van der Waals surface area contributed by atoms with Gasteiger partial charge in [-0.1, -0.05) is 37.3 Å². The molecule has 0 amide bonds. The molecule has 100 valence electrons. The molecule has 2 aromatic rings. The summed E-state index contributed by atoms with van der Waals surface area (Å²) >= 11 is 0. The van der Waals surface area contributed by atoms with E-state index < -0.39 is 0 Å². The lowest BCUT2D eigenvalue weighted by atomic mass is 10.0. The van der Waals surface area contributed by atoms with Gasteiger partial charge in [0.05, 0.1) is 0 Å². The Balaban J connectivity index is 1.93. The first kappa shape index (κ1) is 13.3. The number of aromatic nitrogens is 2. The molecule has 0 fully saturated rings. The van der Waals surface area contributed by atoms with E-state index in [4.69, 9.17) is 0 Å². The van der Waals surface area contributed by atoms with Crippen molar-refractivity contribution in [2.75, 3.05) is 23.7 Å². The Labute approximate surface area is 114 Å². The lowest BCUT2D eigenvalue weighted by molar-refractivity contribution is 0.801. The molecule has 0 aliphatic rings. The summed E-state index contributed by atoms with van der Waals surface area (Å²) in [7, 11) is 0. The van der Waals surface area contributed by atoms with Gasteiger partial charge in [0.1, 0.15) is 18.0 Å². The summed E-state index contributed by atoms with van der Waals surface area (Å²) in [6, 6.07) is 12.4. The van der Waals surface area contributed by atoms with Crippen LogP contribution < -0.4 is 10.6 Å². The van der Waals surface area contributed by atoms with Crippen LogP contribution in [-0.2, 0) is 0 Å². The minimum Gasteiger partial charge on any atom is -0.370 e. The predicted octanol–water partition coefficient (Wildman–Crippen LogP) is 3.12. The number of hydrogen-bond donors (Lipinski definition) is 2. The maximum atomic E-state index is 4.23. The Kier molecular flexibility index (Phi) is 4.72. The van der Waals surface area contributed by atoms with Crippen LogP contribution in [0.5, 0.6) is 0 Å². The number of nitrogens with zero attached hydrogens (tertiary/aromatic N) is 2. The topological polar surface area (TPSA) is 49.8 Å². The molecule has 1 aromatic carbocycles. The fourth-order valence-corrected chi connectivity index (χ4v) is 1.89. The normalized spacial score (nSPS) is 11.9. The van der Waals surface area contributed by atoms with Crippen molar-refractivity contribution in [3.63, 3.8) is 0 Å². The molecule has 0 spiro atoms. The molecule has 0 aliphatic heterocycles. The Morgan fingerprint density at radius 2 is 1.74 bits per heavy atom. The molecule has 1 unspecified atom stereocenters. The first-order chi connectivity index (χ1) is 9.29. The first-order valence-corrected chi connectivity index (χ1v) is 6.64. The van der Waals surface area contributed by atoms with Gasteiger partial charge in [-0.3, -0.25) is 0 Å². The van der Waals surface area contributed by atoms with Crippen molar-refractivity contribution in [3.05, 3.63) is 48.3 Å². The van der Waals surface area contributed by atoms with Crippen molar-refractivity contribution in [1.82, 2.24) is 9.97 Å². The molecule has 4 nitrogen and oxygen atoms in total. The van der Waals surface area contributed by atoms with Crippen molar-refractivity contribution in [3.8, 4) is 0 Å². The van der Waals surface area contributed by atoms with E-state index in [0.717, 1.165) is 24.7 Å². The Morgan fingerprint density at radius 1 is 1.05 bits per heavy atom. The van der Waals surface area contributed by atoms with Crippen LogP contribution >= 0.6 is 0 Å². The van der Waals surface area contributed by atoms with Gasteiger partial charge < -0.3 is 10.6 Å². The van der Waals surface area contributed by atoms with Gasteiger partial charge in [-0.05, 0) is 18.4 Å². The highest BCUT2D eigenvalue weighted by molar-refractivity contribution is 5.46. The summed E-state index contributed by atoms with van der Waals surface area (Å²) in [5.74, 6) is 2.15. The molecule has 1 heterocycles. The highest BCUT2D eigenvalue weighted by Gasteiger charge is 2.05. The fraction of sp³-hybridized carbons (Fsp3) is 0.333. The molecular formula is C15H20N4. The van der Waals surface area contributed by atoms with Gasteiger partial charge in [-0.15, -0.1) is 0 Å². The van der Waals surface area contributed by atoms with Gasteiger partial charge in [-0.25, -0.2) is 9.97 Å². The zero-order valence-corrected chi connectivity index (χ0v) is 11.4. The lowest BCUT2D eigenvalue weighted by Gasteiger charge is -2.13. The van der Waals surface area contributed by atoms with E-state index in [1.165, 1.54) is 5.56 Å². The second-order valence-electron chi connectivity index (χ2n) is 4.51. The number of rotatable bonds is 6. The minimum atomic E-state index is 0.443. The summed E-state index contributed by atoms with van der Waals surface area (Å²) in [5.41, 5.74) is 1.33. The standard InChI is InChI=1S/C15H20N4/c1-3-16-14-9-15(19-11-18-14)17-10-12(2)13-7-5-4-6-8-13/h4-9,11-12H,3,10H2,1-2H3,(H2,16,17,18,19). The van der Waals surface area contributed by atoms with Gasteiger partial charge >= 0.3 is 0 Å². The van der Waals surface area contributed by atoms with Gasteiger partial charge in [0.15, 0.2) is 0 Å². The van der Waals surface area contributed by atoms with Crippen molar-refractivity contribution >= 4 is 11.6 Å². The van der Waals surface area contributed by atoms with E-state index >= 15 is 0 Å². The van der Waals surface area contributed by atoms with E-state index in [9.17, 15) is 0 Å². The average molecular weight is 256 g/mol. The number of anilines is 2. The Morgan fingerprint density at radius 3 is 2.42 bits per heavy atom. The zero-order chi connectivity index (χ0) is 13.5. The van der Waals surface area contributed by atoms with Crippen molar-refractivity contribution in [2.24, 2.45) is 0 Å². The summed E-state index contributed by atoms with van der Waals surface area (Å²) in [6.45, 7) is 5.96. The van der Waals surface area contributed by atoms with Gasteiger partial charge in [0, 0.05) is 19.2 Å². The quantitative estimate of drug-likeness (QED) is 0.833. The third-order valence-electron chi connectivity index (χ3n) is 2.98. The first-order valence-electron chi connectivity index (χ1n) is 6.64. The Bertz CT molecular complexity index is 499. The van der Waals surface area contributed by atoms with E-state index in [0.29, 0.717) is 5.92 Å². The third kappa shape index (κ3) is 3.95. The van der Waals surface area contributed by atoms with Crippen molar-refractivity contribution in [1.29, 1.82) is 0 Å². The van der Waals surface area contributed by atoms with Crippen molar-refractivity contribution in [2.45, 2.75) is 19.8 Å². The van der Waals surface area contributed by atoms with Crippen LogP contribution in [0.4, 0.5) is 11.6 Å². The molecular weight excluding hydrogens is 236 g/mol. The maximum Gasteiger partial charge on any atom is 0.131 e. The smallest absolute Gasteiger partial charge is 0.131 e. The summed E-state index contributed by atoms with van der Waals surface area (Å²) in [6.07, 6.45) is 1.58. The number of benzene rings is 1. The predicted molar refractivity (Wildman–Crippen MR) is 79.5 cm³/mol. The maximum absolute atomic E-state index is 4.23. The van der Waals surface area contributed by atoms with Crippen LogP contribution in [0.15, 0.2) is 42.7 Å². The van der Waals surface area contributed by atoms with Gasteiger partial charge in [-0.2, -0.15) is 0 Å². The third-order valence-corrected chi connectivity index (χ3v) is 2.98. The molecule has 2 rings (SSSR count). The minimum absolute atomic E-state index is 0.443. The molecule has 2 N–H and O–H groups in total. The van der Waals surface area contributed by atoms with Gasteiger partial charge in [0.25, 0.3) is 0 Å². The highest BCUT2D eigenvalue weighted by Crippen LogP contribution is 2.16. The van der Waals surface area contributed by atoms with Crippen molar-refractivity contribution < 1.29 is 0 Å². The molecule has 0 saturated carbocycles. The lowest BCUT2D eigenvalue weighted by Crippen LogP contribution is -2.11. The number of hydrogen-bond acceptors (Lipinski definition) is 4. The molecule has 19 heavy (non-hydrogen) atoms. The molecule has 1 aromatic heterocycles. The molecule has 0 saturated heterocycles. The summed E-state index contributed by atoms with van der Waals surface area (Å²) in [4.78, 5) is 8.38. The SMILES string of the molecule is CCNc1cc(NCC(C)c2ccccc2)ncn1. The highest BCUT2D eigenvalue weighted by atomic mass is 15.1. The van der Waals surface area contributed by atoms with Crippen LogP contribution in [0.1, 0.15) is 25.3 Å². The molecule has 4 heteroatoms. The van der Waals surface area contributed by atoms with E-state index in [2.05, 4.69) is 51.8 Å². The summed E-state index contributed by atoms with van der Waals surface area (Å²) < 4.78 is 0. The second-order valence-corrected chi connectivity index (χ2v) is 4.51. The molecule has 0 aliphatic carbocycles. The van der Waals surface area contributed by atoms with Crippen LogP contribution in [0.3, 0.4) is 0 Å².